The summed E-state index contributed by atoms with van der Waals surface area (Å²) in [7, 11) is 0. The van der Waals surface area contributed by atoms with Crippen LogP contribution < -0.4 is 0 Å². The van der Waals surface area contributed by atoms with E-state index in [1.54, 1.807) is 13.8 Å². The first kappa shape index (κ1) is 23.8. The van der Waals surface area contributed by atoms with Crippen LogP contribution >= 0.6 is 0 Å². The van der Waals surface area contributed by atoms with Gasteiger partial charge in [0.15, 0.2) is 5.79 Å². The number of aliphatic hydroxyl groups is 3. The van der Waals surface area contributed by atoms with Gasteiger partial charge in [-0.25, -0.2) is 0 Å². The van der Waals surface area contributed by atoms with Crippen LogP contribution in [0.25, 0.3) is 0 Å². The van der Waals surface area contributed by atoms with Crippen molar-refractivity contribution in [2.75, 3.05) is 13.2 Å². The topological polar surface area (TPSA) is 97.6 Å². The lowest BCUT2D eigenvalue weighted by Crippen LogP contribution is -2.62. The van der Waals surface area contributed by atoms with E-state index in [0.29, 0.717) is 6.61 Å². The molecule has 170 valence electrons. The fourth-order valence-electron chi connectivity index (χ4n) is 3.62. The van der Waals surface area contributed by atoms with Crippen molar-refractivity contribution >= 4 is 0 Å². The van der Waals surface area contributed by atoms with Gasteiger partial charge in [-0.2, -0.15) is 0 Å². The van der Waals surface area contributed by atoms with Crippen LogP contribution in [0.2, 0.25) is 0 Å². The van der Waals surface area contributed by atoms with Gasteiger partial charge in [0, 0.05) is 0 Å². The Labute approximate surface area is 183 Å². The van der Waals surface area contributed by atoms with Crippen molar-refractivity contribution < 1.29 is 34.3 Å². The monoisotopic (exact) mass is 432 g/mol. The first-order chi connectivity index (χ1) is 14.9. The molecule has 0 saturated carbocycles. The molecule has 2 aromatic rings. The van der Waals surface area contributed by atoms with Crippen LogP contribution in [0.1, 0.15) is 25.0 Å². The molecule has 3 rings (SSSR count). The van der Waals surface area contributed by atoms with Gasteiger partial charge in [-0.3, -0.25) is 0 Å². The number of benzene rings is 2. The van der Waals surface area contributed by atoms with E-state index in [9.17, 15) is 15.3 Å². The van der Waals surface area contributed by atoms with Crippen LogP contribution in [0, 0.1) is 0 Å². The largest absolute Gasteiger partial charge is 0.394 e. The molecular weight excluding hydrogens is 400 g/mol. The van der Waals surface area contributed by atoms with Crippen molar-refractivity contribution in [1.29, 1.82) is 0 Å². The average molecular weight is 433 g/mol. The van der Waals surface area contributed by atoms with E-state index in [1.165, 1.54) is 0 Å². The molecule has 2 aromatic carbocycles. The van der Waals surface area contributed by atoms with Gasteiger partial charge in [0.1, 0.15) is 30.5 Å². The molecule has 0 unspecified atom stereocenters. The van der Waals surface area contributed by atoms with E-state index in [-0.39, 0.29) is 13.2 Å². The van der Waals surface area contributed by atoms with Crippen molar-refractivity contribution in [2.45, 2.75) is 63.4 Å². The van der Waals surface area contributed by atoms with Gasteiger partial charge in [-0.05, 0) is 25.0 Å². The Bertz CT molecular complexity index is 768. The second-order valence-electron chi connectivity index (χ2n) is 8.14. The van der Waals surface area contributed by atoms with E-state index < -0.39 is 42.9 Å². The second-order valence-corrected chi connectivity index (χ2v) is 8.14. The highest BCUT2D eigenvalue weighted by Crippen LogP contribution is 2.32. The molecule has 31 heavy (non-hydrogen) atoms. The summed E-state index contributed by atoms with van der Waals surface area (Å²) in [5.41, 5.74) is 1.98. The third-order valence-corrected chi connectivity index (χ3v) is 5.14. The lowest BCUT2D eigenvalue weighted by molar-refractivity contribution is -0.361. The molecule has 5 atom stereocenters. The number of hydrogen-bond acceptors (Lipinski definition) is 7. The van der Waals surface area contributed by atoms with Gasteiger partial charge in [-0.1, -0.05) is 60.7 Å². The van der Waals surface area contributed by atoms with E-state index >= 15 is 0 Å². The molecule has 7 nitrogen and oxygen atoms in total. The molecule has 0 spiro atoms. The van der Waals surface area contributed by atoms with Gasteiger partial charge in [0.25, 0.3) is 0 Å². The van der Waals surface area contributed by atoms with Gasteiger partial charge < -0.3 is 34.3 Å². The zero-order chi connectivity index (χ0) is 22.3. The molecule has 3 N–H and O–H groups in total. The zero-order valence-corrected chi connectivity index (χ0v) is 18.0. The normalized spacial score (nSPS) is 25.1. The maximum absolute atomic E-state index is 10.7. The molecule has 1 aliphatic rings. The minimum atomic E-state index is -1.37. The van der Waals surface area contributed by atoms with E-state index in [0.717, 1.165) is 11.1 Å². The maximum atomic E-state index is 10.7. The highest BCUT2D eigenvalue weighted by atomic mass is 16.7. The Balaban J connectivity index is 1.75. The lowest BCUT2D eigenvalue weighted by atomic mass is 9.96. The van der Waals surface area contributed by atoms with Crippen LogP contribution in [-0.2, 0) is 32.2 Å². The summed E-state index contributed by atoms with van der Waals surface area (Å²) >= 11 is 0. The molecule has 1 fully saturated rings. The highest BCUT2D eigenvalue weighted by Gasteiger charge is 2.48. The first-order valence-electron chi connectivity index (χ1n) is 10.5. The van der Waals surface area contributed by atoms with Gasteiger partial charge in [0.2, 0.25) is 0 Å². The van der Waals surface area contributed by atoms with Crippen molar-refractivity contribution in [3.05, 3.63) is 71.8 Å². The summed E-state index contributed by atoms with van der Waals surface area (Å²) in [5, 5.41) is 30.0. The standard InChI is InChI=1S/C24H32O7/c1-24(2)30-20(16-28-14-17-9-5-3-6-10-17)22(23(31-24)21(27)19(26)13-25)29-15-18-11-7-4-8-12-18/h3-12,19-23,25-27H,13-16H2,1-2H3/t19-,20+,21+,22+,23+/m1/s1. The zero-order valence-electron chi connectivity index (χ0n) is 18.0. The Morgan fingerprint density at radius 2 is 1.48 bits per heavy atom. The summed E-state index contributed by atoms with van der Waals surface area (Å²) in [6.45, 7) is 3.75. The third kappa shape index (κ3) is 6.82. The first-order valence-corrected chi connectivity index (χ1v) is 10.5. The molecule has 7 heteroatoms. The molecule has 1 heterocycles. The van der Waals surface area contributed by atoms with E-state index in [4.69, 9.17) is 18.9 Å². The van der Waals surface area contributed by atoms with Crippen LogP contribution in [0.5, 0.6) is 0 Å². The lowest BCUT2D eigenvalue weighted by Gasteiger charge is -2.47. The SMILES string of the molecule is CC1(C)O[C@@H]([C@@H](O)[C@H](O)CO)[C@@H](OCc2ccccc2)[C@H](COCc2ccccc2)O1. The molecular formula is C24H32O7. The number of aliphatic hydroxyl groups excluding tert-OH is 3. The summed E-state index contributed by atoms with van der Waals surface area (Å²) < 4.78 is 24.0. The molecule has 0 amide bonds. The van der Waals surface area contributed by atoms with Gasteiger partial charge >= 0.3 is 0 Å². The van der Waals surface area contributed by atoms with Crippen LogP contribution in [0.4, 0.5) is 0 Å². The predicted molar refractivity (Wildman–Crippen MR) is 114 cm³/mol. The summed E-state index contributed by atoms with van der Waals surface area (Å²) in [4.78, 5) is 0. The van der Waals surface area contributed by atoms with Crippen molar-refractivity contribution in [1.82, 2.24) is 0 Å². The second kappa shape index (κ2) is 11.2. The summed E-state index contributed by atoms with van der Waals surface area (Å²) in [6.07, 6.45) is -4.92. The van der Waals surface area contributed by atoms with Crippen molar-refractivity contribution in [3.63, 3.8) is 0 Å². The predicted octanol–water partition coefficient (Wildman–Crippen LogP) is 2.02. The molecule has 0 aromatic heterocycles. The molecule has 0 radical (unpaired) electrons. The molecule has 0 bridgehead atoms. The maximum Gasteiger partial charge on any atom is 0.164 e. The smallest absolute Gasteiger partial charge is 0.164 e. The van der Waals surface area contributed by atoms with E-state index in [1.807, 2.05) is 60.7 Å². The minimum Gasteiger partial charge on any atom is -0.394 e. The third-order valence-electron chi connectivity index (χ3n) is 5.14. The van der Waals surface area contributed by atoms with Crippen LogP contribution in [0.15, 0.2) is 60.7 Å². The Morgan fingerprint density at radius 3 is 2.06 bits per heavy atom. The number of rotatable bonds is 10. The fourth-order valence-corrected chi connectivity index (χ4v) is 3.62. The van der Waals surface area contributed by atoms with E-state index in [2.05, 4.69) is 0 Å². The Hall–Kier alpha value is -1.84. The molecule has 1 saturated heterocycles. The van der Waals surface area contributed by atoms with Crippen LogP contribution in [0.3, 0.4) is 0 Å². The summed E-state index contributed by atoms with van der Waals surface area (Å²) in [6, 6.07) is 19.4. The fraction of sp³-hybridized carbons (Fsp3) is 0.500. The average Bonchev–Trinajstić information content (AvgIpc) is 2.78. The number of hydrogen-bond donors (Lipinski definition) is 3. The minimum absolute atomic E-state index is 0.208. The molecule has 0 aliphatic carbocycles. The van der Waals surface area contributed by atoms with Crippen molar-refractivity contribution in [2.24, 2.45) is 0 Å². The number of ether oxygens (including phenoxy) is 4. The molecule has 1 aliphatic heterocycles. The van der Waals surface area contributed by atoms with Gasteiger partial charge in [-0.15, -0.1) is 0 Å². The van der Waals surface area contributed by atoms with Crippen molar-refractivity contribution in [3.8, 4) is 0 Å². The van der Waals surface area contributed by atoms with Crippen LogP contribution in [-0.4, -0.2) is 64.8 Å². The summed E-state index contributed by atoms with van der Waals surface area (Å²) in [5.74, 6) is -1.03. The quantitative estimate of drug-likeness (QED) is 0.528. The highest BCUT2D eigenvalue weighted by molar-refractivity contribution is 5.14. The van der Waals surface area contributed by atoms with Gasteiger partial charge in [0.05, 0.1) is 26.4 Å². The Morgan fingerprint density at radius 1 is 0.903 bits per heavy atom. The Kier molecular flexibility index (Phi) is 8.57.